The van der Waals surface area contributed by atoms with Crippen LogP contribution >= 0.6 is 15.9 Å². The number of ether oxygens (including phenoxy) is 4. The summed E-state index contributed by atoms with van der Waals surface area (Å²) in [6.07, 6.45) is 0.203. The van der Waals surface area contributed by atoms with Gasteiger partial charge in [-0.3, -0.25) is 9.78 Å². The van der Waals surface area contributed by atoms with Crippen LogP contribution in [0.15, 0.2) is 48.5 Å². The van der Waals surface area contributed by atoms with E-state index in [-0.39, 0.29) is 150 Å². The number of aromatic amines is 1. The summed E-state index contributed by atoms with van der Waals surface area (Å²) in [4.78, 5) is 31.8. The molecule has 2 aromatic heterocycles. The molecule has 2 aliphatic rings. The van der Waals surface area contributed by atoms with Gasteiger partial charge in [-0.15, -0.1) is 0 Å². The second-order valence-electron chi connectivity index (χ2n) is 9.99. The molecule has 4 aromatic rings. The van der Waals surface area contributed by atoms with Gasteiger partial charge < -0.3 is 34.0 Å². The number of nitrogens with one attached hydrogen (secondary N) is 1. The molecule has 2 aromatic carbocycles. The SMILES string of the molecule is BrCC1CCOC1.CCOC(=O)c1n[nH]c2ccccc12.CCOC(=O)c1nn(CC2CCOC2)c2ccccc12.O=C([O-])O.[Cs+].[Cs+]. The minimum Gasteiger partial charge on any atom is -0.565 e. The molecule has 13 nitrogen and oxygen atoms in total. The zero-order valence-electron chi connectivity index (χ0n) is 27.3. The van der Waals surface area contributed by atoms with Crippen LogP contribution in [0.2, 0.25) is 0 Å². The predicted molar refractivity (Wildman–Crippen MR) is 167 cm³/mol. The van der Waals surface area contributed by atoms with Gasteiger partial charge in [-0.2, -0.15) is 10.2 Å². The van der Waals surface area contributed by atoms with Crippen molar-refractivity contribution in [1.82, 2.24) is 20.0 Å². The zero-order chi connectivity index (χ0) is 32.6. The van der Waals surface area contributed by atoms with Crippen molar-refractivity contribution in [2.24, 2.45) is 11.8 Å². The van der Waals surface area contributed by atoms with E-state index in [4.69, 9.17) is 34.0 Å². The number of carbonyl (C=O) groups excluding carboxylic acids is 2. The van der Waals surface area contributed by atoms with Gasteiger partial charge in [0.2, 0.25) is 6.16 Å². The largest absolute Gasteiger partial charge is 1.00 e. The Kier molecular flexibility index (Phi) is 24.1. The van der Waals surface area contributed by atoms with E-state index in [0.29, 0.717) is 30.5 Å². The number of aromatic nitrogens is 4. The van der Waals surface area contributed by atoms with Crippen molar-refractivity contribution in [1.29, 1.82) is 0 Å². The second-order valence-corrected chi connectivity index (χ2v) is 10.6. The van der Waals surface area contributed by atoms with Gasteiger partial charge in [0, 0.05) is 41.8 Å². The molecule has 2 N–H and O–H groups in total. The van der Waals surface area contributed by atoms with Gasteiger partial charge in [0.25, 0.3) is 0 Å². The van der Waals surface area contributed by atoms with Gasteiger partial charge in [-0.05, 0) is 44.7 Å². The number of hydrogen-bond donors (Lipinski definition) is 2. The maximum Gasteiger partial charge on any atom is 1.00 e. The summed E-state index contributed by atoms with van der Waals surface area (Å²) in [6.45, 7) is 8.58. The van der Waals surface area contributed by atoms with Crippen molar-refractivity contribution in [2.45, 2.75) is 33.2 Å². The summed E-state index contributed by atoms with van der Waals surface area (Å²) in [5.41, 5.74) is 2.57. The quantitative estimate of drug-likeness (QED) is 0.160. The maximum absolute atomic E-state index is 12.0. The number of benzene rings is 2. The Morgan fingerprint density at radius 3 is 1.98 bits per heavy atom. The van der Waals surface area contributed by atoms with Gasteiger partial charge in [-0.25, -0.2) is 9.59 Å². The van der Waals surface area contributed by atoms with E-state index >= 15 is 0 Å². The van der Waals surface area contributed by atoms with Crippen molar-refractivity contribution in [3.05, 3.63) is 59.9 Å². The first kappa shape index (κ1) is 45.1. The fourth-order valence-electron chi connectivity index (χ4n) is 4.61. The van der Waals surface area contributed by atoms with Gasteiger partial charge in [0.05, 0.1) is 37.5 Å². The molecule has 16 heteroatoms. The molecule has 2 unspecified atom stereocenters. The molecule has 6 rings (SSSR count). The predicted octanol–water partition coefficient (Wildman–Crippen LogP) is -1.70. The Balaban J connectivity index is 0.000000356. The van der Waals surface area contributed by atoms with Crippen LogP contribution in [0.25, 0.3) is 21.8 Å². The molecule has 0 spiro atoms. The number of rotatable bonds is 7. The summed E-state index contributed by atoms with van der Waals surface area (Å²) in [5, 5.41) is 29.2. The third-order valence-electron chi connectivity index (χ3n) is 6.76. The van der Waals surface area contributed by atoms with Gasteiger partial charge in [0.15, 0.2) is 11.4 Å². The number of para-hydroxylation sites is 2. The summed E-state index contributed by atoms with van der Waals surface area (Å²) >= 11 is 3.40. The van der Waals surface area contributed by atoms with Crippen LogP contribution < -0.4 is 143 Å². The smallest absolute Gasteiger partial charge is 0.565 e. The molecule has 2 fully saturated rings. The molecule has 4 heterocycles. The Bertz CT molecular complexity index is 1520. The minimum absolute atomic E-state index is 0. The Hall–Kier alpha value is 0.0939. The number of nitrogens with zero attached hydrogens (tertiary/aromatic N) is 3. The maximum atomic E-state index is 12.0. The van der Waals surface area contributed by atoms with E-state index < -0.39 is 6.16 Å². The summed E-state index contributed by atoms with van der Waals surface area (Å²) < 4.78 is 22.4. The minimum atomic E-state index is -2.08. The third-order valence-corrected chi connectivity index (χ3v) is 7.68. The van der Waals surface area contributed by atoms with Crippen molar-refractivity contribution < 1.29 is 181 Å². The molecular formula is C31H38BrCs2N4O9+. The fraction of sp³-hybridized carbons (Fsp3) is 0.452. The Morgan fingerprint density at radius 1 is 0.915 bits per heavy atom. The van der Waals surface area contributed by atoms with E-state index in [0.717, 1.165) is 72.4 Å². The first-order valence-corrected chi connectivity index (χ1v) is 15.7. The number of hydrogen-bond acceptors (Lipinski definition) is 10. The van der Waals surface area contributed by atoms with Gasteiger partial charge in [0.1, 0.15) is 0 Å². The zero-order valence-corrected chi connectivity index (χ0v) is 41.4. The van der Waals surface area contributed by atoms with Crippen molar-refractivity contribution >= 4 is 55.8 Å². The van der Waals surface area contributed by atoms with Crippen molar-refractivity contribution in [3.63, 3.8) is 0 Å². The first-order valence-electron chi connectivity index (χ1n) is 14.6. The van der Waals surface area contributed by atoms with Crippen LogP contribution in [0.5, 0.6) is 0 Å². The summed E-state index contributed by atoms with van der Waals surface area (Å²) in [5.74, 6) is 0.517. The number of alkyl halides is 1. The van der Waals surface area contributed by atoms with Crippen LogP contribution in [-0.4, -0.2) is 88.1 Å². The Morgan fingerprint density at radius 2 is 1.45 bits per heavy atom. The number of H-pyrrole nitrogens is 1. The van der Waals surface area contributed by atoms with E-state index in [1.807, 2.05) is 53.2 Å². The van der Waals surface area contributed by atoms with Gasteiger partial charge in [-0.1, -0.05) is 52.3 Å². The molecule has 244 valence electrons. The number of carboxylic acid groups (broad SMARTS) is 2. The van der Waals surface area contributed by atoms with Crippen LogP contribution in [0.3, 0.4) is 0 Å². The molecule has 2 saturated heterocycles. The third kappa shape index (κ3) is 15.1. The monoisotopic (exact) mass is 955 g/mol. The summed E-state index contributed by atoms with van der Waals surface area (Å²) in [7, 11) is 0. The standard InChI is InChI=1S/C15H18N2O3.C10H10N2O2.C5H9BrO.CH2O3.2Cs/c1-2-20-15(18)14-12-5-3-4-6-13(12)17(16-14)9-11-7-8-19-10-11;1-2-14-10(13)9-7-5-3-4-6-8(7)11-12-9;6-3-5-1-2-7-4-5;2-1(3)4;;/h3-6,11H,2,7-10H2,1H3;3-6H,2H2,1H3,(H,11,12);5H,1-4H2;(H2,2,3,4);;/q;;;;2*+1/p-1. The molecule has 47 heavy (non-hydrogen) atoms. The molecule has 0 bridgehead atoms. The molecular weight excluding hydrogens is 918 g/mol. The van der Waals surface area contributed by atoms with E-state index in [1.165, 1.54) is 6.42 Å². The van der Waals surface area contributed by atoms with E-state index in [9.17, 15) is 9.59 Å². The average Bonchev–Trinajstić information content (AvgIpc) is 3.86. The number of fused-ring (bicyclic) bond motifs is 2. The molecule has 0 saturated carbocycles. The van der Waals surface area contributed by atoms with Crippen LogP contribution in [-0.2, 0) is 25.5 Å². The Labute approximate surface area is 399 Å². The average molecular weight is 956 g/mol. The molecule has 2 aliphatic heterocycles. The second kappa shape index (κ2) is 25.1. The first-order chi connectivity index (χ1) is 21.8. The summed E-state index contributed by atoms with van der Waals surface area (Å²) in [6, 6.07) is 15.2. The van der Waals surface area contributed by atoms with Gasteiger partial charge >= 0.3 is 150 Å². The van der Waals surface area contributed by atoms with Crippen LogP contribution in [0.1, 0.15) is 47.7 Å². The molecule has 2 atom stereocenters. The normalized spacial score (nSPS) is 16.1. The molecule has 0 radical (unpaired) electrons. The fourth-order valence-corrected chi connectivity index (χ4v) is 5.12. The number of esters is 2. The molecule has 0 amide bonds. The number of halogens is 1. The van der Waals surface area contributed by atoms with E-state index in [1.54, 1.807) is 13.8 Å². The van der Waals surface area contributed by atoms with E-state index in [2.05, 4.69) is 31.2 Å². The topological polar surface area (TPSA) is 178 Å². The van der Waals surface area contributed by atoms with Crippen LogP contribution in [0, 0.1) is 11.8 Å². The number of carbonyl (C=O) groups is 3. The van der Waals surface area contributed by atoms with Crippen molar-refractivity contribution in [3.8, 4) is 0 Å². The molecule has 0 aliphatic carbocycles. The van der Waals surface area contributed by atoms with Crippen LogP contribution in [0.4, 0.5) is 4.79 Å². The van der Waals surface area contributed by atoms with Crippen molar-refractivity contribution in [2.75, 3.05) is 45.0 Å².